The fraction of sp³-hybridized carbons (Fsp3) is 0.138. The second kappa shape index (κ2) is 9.51. The highest BCUT2D eigenvalue weighted by Gasteiger charge is 2.31. The highest BCUT2D eigenvalue weighted by Crippen LogP contribution is 2.46. The number of ketones is 1. The maximum Gasteiger partial charge on any atom is 0.194 e. The quantitative estimate of drug-likeness (QED) is 0.348. The van der Waals surface area contributed by atoms with E-state index in [4.69, 9.17) is 19.7 Å². The molecule has 0 atom stereocenters. The SMILES string of the molecule is O=C1c2ccccc2-c2ccc(-c3ccc(OCCO)cc3)c(-c3ccc(OCCO)cc3)c21. The Morgan fingerprint density at radius 2 is 1.06 bits per heavy atom. The number of aliphatic hydroxyl groups is 2. The Morgan fingerprint density at radius 1 is 0.529 bits per heavy atom. The van der Waals surface area contributed by atoms with Crippen molar-refractivity contribution in [2.24, 2.45) is 0 Å². The maximum absolute atomic E-state index is 13.6. The first-order valence-corrected chi connectivity index (χ1v) is 11.2. The maximum atomic E-state index is 13.6. The third-order valence-electron chi connectivity index (χ3n) is 5.92. The molecule has 0 bridgehead atoms. The van der Waals surface area contributed by atoms with Gasteiger partial charge in [0.15, 0.2) is 5.78 Å². The number of hydrogen-bond donors (Lipinski definition) is 2. The number of carbonyl (C=O) groups excluding carboxylic acids is 1. The Bertz CT molecular complexity index is 1320. The van der Waals surface area contributed by atoms with Crippen molar-refractivity contribution in [2.45, 2.75) is 0 Å². The zero-order chi connectivity index (χ0) is 23.5. The predicted octanol–water partition coefficient (Wildman–Crippen LogP) is 4.97. The molecule has 4 aromatic carbocycles. The topological polar surface area (TPSA) is 76.0 Å². The normalized spacial score (nSPS) is 11.8. The van der Waals surface area contributed by atoms with Gasteiger partial charge in [-0.05, 0) is 52.1 Å². The molecule has 0 unspecified atom stereocenters. The molecule has 0 radical (unpaired) electrons. The van der Waals surface area contributed by atoms with E-state index >= 15 is 0 Å². The molecule has 1 aliphatic rings. The number of rotatable bonds is 8. The van der Waals surface area contributed by atoms with E-state index in [-0.39, 0.29) is 32.2 Å². The lowest BCUT2D eigenvalue weighted by atomic mass is 9.87. The van der Waals surface area contributed by atoms with E-state index in [0.717, 1.165) is 33.4 Å². The lowest BCUT2D eigenvalue weighted by molar-refractivity contribution is 0.104. The highest BCUT2D eigenvalue weighted by atomic mass is 16.5. The second-order valence-electron chi connectivity index (χ2n) is 7.98. The molecule has 0 aliphatic heterocycles. The second-order valence-corrected chi connectivity index (χ2v) is 7.98. The van der Waals surface area contributed by atoms with E-state index in [0.29, 0.717) is 22.6 Å². The molecular formula is C29H24O5. The van der Waals surface area contributed by atoms with E-state index in [2.05, 4.69) is 6.07 Å². The van der Waals surface area contributed by atoms with Gasteiger partial charge in [-0.1, -0.05) is 60.7 Å². The van der Waals surface area contributed by atoms with Gasteiger partial charge in [-0.25, -0.2) is 0 Å². The molecule has 0 aromatic heterocycles. The Balaban J connectivity index is 1.65. The van der Waals surface area contributed by atoms with Gasteiger partial charge in [-0.2, -0.15) is 0 Å². The number of carbonyl (C=O) groups is 1. The van der Waals surface area contributed by atoms with Crippen LogP contribution in [-0.2, 0) is 0 Å². The summed E-state index contributed by atoms with van der Waals surface area (Å²) in [5.74, 6) is 1.35. The van der Waals surface area contributed by atoms with Crippen molar-refractivity contribution >= 4 is 5.78 Å². The van der Waals surface area contributed by atoms with Crippen LogP contribution in [0.25, 0.3) is 33.4 Å². The van der Waals surface area contributed by atoms with Crippen LogP contribution in [0.2, 0.25) is 0 Å². The lowest BCUT2D eigenvalue weighted by Gasteiger charge is -2.16. The van der Waals surface area contributed by atoms with Gasteiger partial charge in [0, 0.05) is 16.7 Å². The molecular weight excluding hydrogens is 428 g/mol. The van der Waals surface area contributed by atoms with Gasteiger partial charge in [0.1, 0.15) is 24.7 Å². The zero-order valence-electron chi connectivity index (χ0n) is 18.5. The van der Waals surface area contributed by atoms with Gasteiger partial charge >= 0.3 is 0 Å². The first-order chi connectivity index (χ1) is 16.7. The Labute approximate surface area is 197 Å². The zero-order valence-corrected chi connectivity index (χ0v) is 18.5. The Hall–Kier alpha value is -3.93. The molecule has 0 amide bonds. The van der Waals surface area contributed by atoms with Crippen LogP contribution in [0, 0.1) is 0 Å². The number of ether oxygens (including phenoxy) is 2. The summed E-state index contributed by atoms with van der Waals surface area (Å²) >= 11 is 0. The monoisotopic (exact) mass is 452 g/mol. The highest BCUT2D eigenvalue weighted by molar-refractivity contribution is 6.26. The smallest absolute Gasteiger partial charge is 0.194 e. The van der Waals surface area contributed by atoms with E-state index in [1.54, 1.807) is 0 Å². The summed E-state index contributed by atoms with van der Waals surface area (Å²) in [5.41, 5.74) is 6.97. The predicted molar refractivity (Wildman–Crippen MR) is 131 cm³/mol. The molecule has 170 valence electrons. The molecule has 5 heteroatoms. The summed E-state index contributed by atoms with van der Waals surface area (Å²) in [6, 6.07) is 27.0. The van der Waals surface area contributed by atoms with Gasteiger partial charge in [-0.3, -0.25) is 4.79 Å². The molecule has 0 spiro atoms. The average Bonchev–Trinajstić information content (AvgIpc) is 3.18. The molecule has 1 aliphatic carbocycles. The fourth-order valence-corrected chi connectivity index (χ4v) is 4.43. The molecule has 5 rings (SSSR count). The molecule has 2 N–H and O–H groups in total. The molecule has 0 fully saturated rings. The summed E-state index contributed by atoms with van der Waals surface area (Å²) in [4.78, 5) is 13.6. The van der Waals surface area contributed by atoms with Crippen LogP contribution in [-0.4, -0.2) is 42.4 Å². The summed E-state index contributed by atoms with van der Waals surface area (Å²) in [7, 11) is 0. The Morgan fingerprint density at radius 3 is 1.65 bits per heavy atom. The number of hydrogen-bond acceptors (Lipinski definition) is 5. The molecule has 0 heterocycles. The van der Waals surface area contributed by atoms with Crippen LogP contribution in [0.1, 0.15) is 15.9 Å². The van der Waals surface area contributed by atoms with Crippen molar-refractivity contribution in [3.8, 4) is 44.9 Å². The van der Waals surface area contributed by atoms with Gasteiger partial charge in [-0.15, -0.1) is 0 Å². The van der Waals surface area contributed by atoms with Crippen molar-refractivity contribution in [3.05, 3.63) is 96.1 Å². The average molecular weight is 453 g/mol. The van der Waals surface area contributed by atoms with Crippen molar-refractivity contribution in [2.75, 3.05) is 26.4 Å². The van der Waals surface area contributed by atoms with Crippen molar-refractivity contribution in [1.82, 2.24) is 0 Å². The minimum absolute atomic E-state index is 0.0194. The van der Waals surface area contributed by atoms with Crippen LogP contribution < -0.4 is 9.47 Å². The minimum atomic E-state index is -0.0527. The van der Waals surface area contributed by atoms with E-state index in [1.807, 2.05) is 78.9 Å². The number of aliphatic hydroxyl groups excluding tert-OH is 2. The lowest BCUT2D eigenvalue weighted by Crippen LogP contribution is -2.02. The summed E-state index contributed by atoms with van der Waals surface area (Å²) in [6.07, 6.45) is 0. The van der Waals surface area contributed by atoms with Crippen molar-refractivity contribution < 1.29 is 24.5 Å². The number of fused-ring (bicyclic) bond motifs is 3. The molecule has 4 aromatic rings. The third-order valence-corrected chi connectivity index (χ3v) is 5.92. The number of benzene rings is 4. The largest absolute Gasteiger partial charge is 0.491 e. The molecule has 5 nitrogen and oxygen atoms in total. The van der Waals surface area contributed by atoms with Crippen molar-refractivity contribution in [1.29, 1.82) is 0 Å². The minimum Gasteiger partial charge on any atom is -0.491 e. The molecule has 0 saturated heterocycles. The van der Waals surface area contributed by atoms with Crippen LogP contribution >= 0.6 is 0 Å². The standard InChI is InChI=1S/C29H24O5/c30-15-17-33-21-9-5-19(6-10-21)23-13-14-25-24-3-1-2-4-26(24)29(32)28(25)27(23)20-7-11-22(12-8-20)34-18-16-31/h1-14,30-31H,15-18H2. The van der Waals surface area contributed by atoms with E-state index in [1.165, 1.54) is 0 Å². The van der Waals surface area contributed by atoms with E-state index in [9.17, 15) is 4.79 Å². The molecule has 34 heavy (non-hydrogen) atoms. The Kier molecular flexibility index (Phi) is 6.12. The third kappa shape index (κ3) is 3.96. The first-order valence-electron chi connectivity index (χ1n) is 11.2. The van der Waals surface area contributed by atoms with Crippen LogP contribution in [0.3, 0.4) is 0 Å². The van der Waals surface area contributed by atoms with Crippen LogP contribution in [0.15, 0.2) is 84.9 Å². The summed E-state index contributed by atoms with van der Waals surface area (Å²) < 4.78 is 11.0. The fourth-order valence-electron chi connectivity index (χ4n) is 4.43. The van der Waals surface area contributed by atoms with Crippen LogP contribution in [0.4, 0.5) is 0 Å². The summed E-state index contributed by atoms with van der Waals surface area (Å²) in [5, 5.41) is 18.0. The van der Waals surface area contributed by atoms with E-state index < -0.39 is 0 Å². The molecule has 0 saturated carbocycles. The summed E-state index contributed by atoms with van der Waals surface area (Å²) in [6.45, 7) is 0.366. The van der Waals surface area contributed by atoms with Gasteiger partial charge in [0.25, 0.3) is 0 Å². The van der Waals surface area contributed by atoms with Crippen molar-refractivity contribution in [3.63, 3.8) is 0 Å². The van der Waals surface area contributed by atoms with Gasteiger partial charge in [0.2, 0.25) is 0 Å². The van der Waals surface area contributed by atoms with Crippen LogP contribution in [0.5, 0.6) is 11.5 Å². The first kappa shape index (κ1) is 21.9. The van der Waals surface area contributed by atoms with Gasteiger partial charge < -0.3 is 19.7 Å². The van der Waals surface area contributed by atoms with Gasteiger partial charge in [0.05, 0.1) is 13.2 Å².